The third-order valence-electron chi connectivity index (χ3n) is 4.06. The Labute approximate surface area is 146 Å². The predicted octanol–water partition coefficient (Wildman–Crippen LogP) is 1.73. The van der Waals surface area contributed by atoms with E-state index < -0.39 is 17.5 Å². The smallest absolute Gasteiger partial charge is 0.242 e. The topological polar surface area (TPSA) is 75.4 Å². The highest BCUT2D eigenvalue weighted by Crippen LogP contribution is 2.25. The number of carbonyl (C=O) groups is 2. The third kappa shape index (κ3) is 5.42. The Hall–Kier alpha value is -1.73. The highest BCUT2D eigenvalue weighted by molar-refractivity contribution is 5.86. The Balaban J connectivity index is 0.00000288. The summed E-state index contributed by atoms with van der Waals surface area (Å²) in [7, 11) is 0. The Morgan fingerprint density at radius 2 is 1.92 bits per heavy atom. The van der Waals surface area contributed by atoms with Gasteiger partial charge in [-0.1, -0.05) is 12.8 Å². The van der Waals surface area contributed by atoms with Gasteiger partial charge in [0.2, 0.25) is 11.8 Å². The van der Waals surface area contributed by atoms with Crippen LogP contribution in [0.25, 0.3) is 0 Å². The Morgan fingerprint density at radius 3 is 2.54 bits per heavy atom. The first-order chi connectivity index (χ1) is 11.0. The summed E-state index contributed by atoms with van der Waals surface area (Å²) >= 11 is 0. The van der Waals surface area contributed by atoms with E-state index in [0.29, 0.717) is 0 Å². The van der Waals surface area contributed by atoms with Crippen LogP contribution >= 0.6 is 12.4 Å². The molecule has 0 heterocycles. The molecular formula is C16H22ClF2N3O2. The number of carbonyl (C=O) groups excluding carboxylic acids is 2. The van der Waals surface area contributed by atoms with E-state index in [-0.39, 0.29) is 49.6 Å². The number of rotatable bonds is 6. The summed E-state index contributed by atoms with van der Waals surface area (Å²) < 4.78 is 27.2. The second-order valence-electron chi connectivity index (χ2n) is 5.68. The second kappa shape index (κ2) is 9.54. The molecule has 0 atom stereocenters. The molecule has 0 bridgehead atoms. The molecule has 0 aliphatic heterocycles. The minimum Gasteiger partial charge on any atom is -0.346 e. The largest absolute Gasteiger partial charge is 0.346 e. The summed E-state index contributed by atoms with van der Waals surface area (Å²) in [5, 5.41) is 2.42. The van der Waals surface area contributed by atoms with Gasteiger partial charge in [0.05, 0.1) is 13.1 Å². The summed E-state index contributed by atoms with van der Waals surface area (Å²) in [5.41, 5.74) is 5.32. The molecule has 1 fully saturated rings. The highest BCUT2D eigenvalue weighted by atomic mass is 35.5. The SMILES string of the molecule is Cl.NCC(=O)NCC(=O)N(Cc1cc(F)ccc1F)C1CCCC1. The average molecular weight is 362 g/mol. The molecule has 24 heavy (non-hydrogen) atoms. The molecular weight excluding hydrogens is 340 g/mol. The fraction of sp³-hybridized carbons (Fsp3) is 0.500. The maximum atomic E-state index is 13.9. The molecule has 1 saturated carbocycles. The van der Waals surface area contributed by atoms with E-state index in [0.717, 1.165) is 43.9 Å². The zero-order chi connectivity index (χ0) is 16.8. The predicted molar refractivity (Wildman–Crippen MR) is 88.5 cm³/mol. The minimum absolute atomic E-state index is 0. The van der Waals surface area contributed by atoms with E-state index in [9.17, 15) is 18.4 Å². The van der Waals surface area contributed by atoms with Crippen LogP contribution in [0, 0.1) is 11.6 Å². The van der Waals surface area contributed by atoms with Crippen molar-refractivity contribution in [2.75, 3.05) is 13.1 Å². The van der Waals surface area contributed by atoms with Crippen LogP contribution in [0.5, 0.6) is 0 Å². The standard InChI is InChI=1S/C16H21F2N3O2.ClH/c17-12-5-6-14(18)11(7-12)10-21(13-3-1-2-4-13)16(23)9-20-15(22)8-19;/h5-7,13H,1-4,8-10,19H2,(H,20,22);1H. The summed E-state index contributed by atoms with van der Waals surface area (Å²) in [6.07, 6.45) is 3.64. The number of benzene rings is 1. The van der Waals surface area contributed by atoms with Gasteiger partial charge in [-0.05, 0) is 31.0 Å². The molecule has 0 radical (unpaired) electrons. The highest BCUT2D eigenvalue weighted by Gasteiger charge is 2.27. The van der Waals surface area contributed by atoms with Crippen molar-refractivity contribution in [2.24, 2.45) is 5.73 Å². The van der Waals surface area contributed by atoms with E-state index in [4.69, 9.17) is 5.73 Å². The first-order valence-corrected chi connectivity index (χ1v) is 7.71. The molecule has 0 saturated heterocycles. The van der Waals surface area contributed by atoms with Crippen LogP contribution in [0.4, 0.5) is 8.78 Å². The molecule has 1 aromatic carbocycles. The normalized spacial score (nSPS) is 14.1. The number of halogens is 3. The summed E-state index contributed by atoms with van der Waals surface area (Å²) in [5.74, 6) is -1.84. The van der Waals surface area contributed by atoms with Gasteiger partial charge in [0, 0.05) is 18.2 Å². The van der Waals surface area contributed by atoms with Crippen molar-refractivity contribution in [3.8, 4) is 0 Å². The van der Waals surface area contributed by atoms with Crippen molar-refractivity contribution in [2.45, 2.75) is 38.3 Å². The first kappa shape index (κ1) is 20.3. The molecule has 0 aromatic heterocycles. The van der Waals surface area contributed by atoms with Gasteiger partial charge in [-0.2, -0.15) is 0 Å². The number of amides is 2. The van der Waals surface area contributed by atoms with Crippen LogP contribution in [0.2, 0.25) is 0 Å². The summed E-state index contributed by atoms with van der Waals surface area (Å²) in [4.78, 5) is 25.1. The summed E-state index contributed by atoms with van der Waals surface area (Å²) in [6.45, 7) is -0.399. The van der Waals surface area contributed by atoms with Crippen LogP contribution in [-0.4, -0.2) is 35.8 Å². The molecule has 3 N–H and O–H groups in total. The molecule has 5 nitrogen and oxygen atoms in total. The average Bonchev–Trinajstić information content (AvgIpc) is 3.07. The molecule has 134 valence electrons. The maximum Gasteiger partial charge on any atom is 0.242 e. The van der Waals surface area contributed by atoms with Gasteiger partial charge in [-0.25, -0.2) is 8.78 Å². The van der Waals surface area contributed by atoms with Gasteiger partial charge in [-0.3, -0.25) is 9.59 Å². The molecule has 1 aliphatic carbocycles. The van der Waals surface area contributed by atoms with Gasteiger partial charge in [-0.15, -0.1) is 12.4 Å². The minimum atomic E-state index is -0.548. The van der Waals surface area contributed by atoms with Crippen LogP contribution in [0.1, 0.15) is 31.2 Å². The molecule has 0 unspecified atom stereocenters. The van der Waals surface area contributed by atoms with E-state index in [2.05, 4.69) is 5.32 Å². The van der Waals surface area contributed by atoms with Crippen LogP contribution < -0.4 is 11.1 Å². The van der Waals surface area contributed by atoms with Gasteiger partial charge >= 0.3 is 0 Å². The number of nitrogens with one attached hydrogen (secondary N) is 1. The monoisotopic (exact) mass is 361 g/mol. The lowest BCUT2D eigenvalue weighted by Crippen LogP contribution is -2.45. The van der Waals surface area contributed by atoms with Crippen LogP contribution in [-0.2, 0) is 16.1 Å². The van der Waals surface area contributed by atoms with Crippen molar-refractivity contribution in [1.82, 2.24) is 10.2 Å². The number of nitrogens with two attached hydrogens (primary N) is 1. The van der Waals surface area contributed by atoms with Crippen molar-refractivity contribution >= 4 is 24.2 Å². The fourth-order valence-electron chi connectivity index (χ4n) is 2.83. The Morgan fingerprint density at radius 1 is 1.25 bits per heavy atom. The molecule has 2 amide bonds. The lowest BCUT2D eigenvalue weighted by atomic mass is 10.1. The van der Waals surface area contributed by atoms with E-state index in [1.807, 2.05) is 0 Å². The zero-order valence-electron chi connectivity index (χ0n) is 13.3. The van der Waals surface area contributed by atoms with Gasteiger partial charge in [0.25, 0.3) is 0 Å². The van der Waals surface area contributed by atoms with Crippen molar-refractivity contribution in [3.63, 3.8) is 0 Å². The lowest BCUT2D eigenvalue weighted by Gasteiger charge is -2.29. The number of hydrogen-bond acceptors (Lipinski definition) is 3. The van der Waals surface area contributed by atoms with E-state index in [1.165, 1.54) is 4.90 Å². The third-order valence-corrected chi connectivity index (χ3v) is 4.06. The number of nitrogens with zero attached hydrogens (tertiary/aromatic N) is 1. The van der Waals surface area contributed by atoms with Gasteiger partial charge in [0.1, 0.15) is 11.6 Å². The second-order valence-corrected chi connectivity index (χ2v) is 5.68. The van der Waals surface area contributed by atoms with Crippen molar-refractivity contribution in [3.05, 3.63) is 35.4 Å². The fourth-order valence-corrected chi connectivity index (χ4v) is 2.83. The van der Waals surface area contributed by atoms with E-state index >= 15 is 0 Å². The van der Waals surface area contributed by atoms with Crippen molar-refractivity contribution in [1.29, 1.82) is 0 Å². The van der Waals surface area contributed by atoms with Gasteiger partial charge in [0.15, 0.2) is 0 Å². The molecule has 1 aromatic rings. The Kier molecular flexibility index (Phi) is 8.07. The van der Waals surface area contributed by atoms with Crippen LogP contribution in [0.3, 0.4) is 0 Å². The van der Waals surface area contributed by atoms with Crippen LogP contribution in [0.15, 0.2) is 18.2 Å². The summed E-state index contributed by atoms with van der Waals surface area (Å²) in [6, 6.07) is 3.18. The lowest BCUT2D eigenvalue weighted by molar-refractivity contribution is -0.135. The molecule has 0 spiro atoms. The van der Waals surface area contributed by atoms with E-state index in [1.54, 1.807) is 0 Å². The molecule has 2 rings (SSSR count). The zero-order valence-corrected chi connectivity index (χ0v) is 14.1. The number of hydrogen-bond donors (Lipinski definition) is 2. The van der Waals surface area contributed by atoms with Crippen molar-refractivity contribution < 1.29 is 18.4 Å². The quantitative estimate of drug-likeness (QED) is 0.810. The molecule has 1 aliphatic rings. The Bertz CT molecular complexity index is 580. The molecule has 8 heteroatoms. The maximum absolute atomic E-state index is 13.9. The van der Waals surface area contributed by atoms with Gasteiger partial charge < -0.3 is 16.0 Å². The first-order valence-electron chi connectivity index (χ1n) is 7.71.